The third kappa shape index (κ3) is 3.75. The molecule has 150 valence electrons. The number of hydrogen-bond acceptors (Lipinski definition) is 4. The summed E-state index contributed by atoms with van der Waals surface area (Å²) in [7, 11) is 4.79. The van der Waals surface area contributed by atoms with Gasteiger partial charge in [-0.05, 0) is 49.6 Å². The van der Waals surface area contributed by atoms with Crippen LogP contribution >= 0.6 is 23.2 Å². The van der Waals surface area contributed by atoms with Crippen LogP contribution in [0.15, 0.2) is 24.3 Å². The highest BCUT2D eigenvalue weighted by Gasteiger charge is 2.20. The van der Waals surface area contributed by atoms with Gasteiger partial charge in [0.15, 0.2) is 11.5 Å². The van der Waals surface area contributed by atoms with Gasteiger partial charge in [0.2, 0.25) is 5.75 Å². The molecule has 0 aliphatic carbocycles. The number of unbranched alkanes of at least 4 members (excludes halogenated alkanes) is 1. The van der Waals surface area contributed by atoms with E-state index in [9.17, 15) is 0 Å². The van der Waals surface area contributed by atoms with E-state index < -0.39 is 0 Å². The topological polar surface area (TPSA) is 69.5 Å². The van der Waals surface area contributed by atoms with E-state index in [0.29, 0.717) is 33.8 Å². The molecule has 3 rings (SSSR count). The van der Waals surface area contributed by atoms with Crippen LogP contribution in [0.1, 0.15) is 18.4 Å². The van der Waals surface area contributed by atoms with Gasteiger partial charge in [-0.15, -0.1) is 0 Å². The monoisotopic (exact) mass is 422 g/mol. The van der Waals surface area contributed by atoms with Crippen molar-refractivity contribution >= 4 is 34.1 Å². The molecule has 2 aromatic carbocycles. The van der Waals surface area contributed by atoms with E-state index in [-0.39, 0.29) is 0 Å². The fourth-order valence-corrected chi connectivity index (χ4v) is 3.81. The zero-order chi connectivity index (χ0) is 20.3. The predicted molar refractivity (Wildman–Crippen MR) is 115 cm³/mol. The first kappa shape index (κ1) is 20.6. The van der Waals surface area contributed by atoms with E-state index >= 15 is 0 Å². The van der Waals surface area contributed by atoms with Crippen LogP contribution < -0.4 is 19.9 Å². The Morgan fingerprint density at radius 1 is 0.964 bits per heavy atom. The molecular weight excluding hydrogens is 399 g/mol. The maximum Gasteiger partial charge on any atom is 0.203 e. The smallest absolute Gasteiger partial charge is 0.203 e. The van der Waals surface area contributed by atoms with Crippen LogP contribution in [0.5, 0.6) is 17.2 Å². The van der Waals surface area contributed by atoms with Crippen molar-refractivity contribution in [3.63, 3.8) is 0 Å². The molecule has 0 aliphatic rings. The van der Waals surface area contributed by atoms with Gasteiger partial charge in [-0.1, -0.05) is 29.3 Å². The van der Waals surface area contributed by atoms with Crippen molar-refractivity contribution in [2.75, 3.05) is 27.9 Å². The first-order chi connectivity index (χ1) is 13.5. The highest BCUT2D eigenvalue weighted by Crippen LogP contribution is 2.44. The van der Waals surface area contributed by atoms with E-state index in [1.54, 1.807) is 21.3 Å². The minimum absolute atomic E-state index is 0.512. The number of rotatable bonds is 8. The van der Waals surface area contributed by atoms with E-state index in [1.807, 2.05) is 24.3 Å². The zero-order valence-electron chi connectivity index (χ0n) is 16.2. The molecule has 0 amide bonds. The fraction of sp³-hybridized carbons (Fsp3) is 0.333. The Labute approximate surface area is 174 Å². The molecule has 0 bridgehead atoms. The molecule has 0 unspecified atom stereocenters. The Kier molecular flexibility index (Phi) is 6.60. The minimum Gasteiger partial charge on any atom is -0.493 e. The summed E-state index contributed by atoms with van der Waals surface area (Å²) in [6.07, 6.45) is 2.78. The third-order valence-corrected chi connectivity index (χ3v) is 5.61. The molecule has 0 saturated heterocycles. The lowest BCUT2D eigenvalue weighted by molar-refractivity contribution is 0.324. The summed E-state index contributed by atoms with van der Waals surface area (Å²) < 4.78 is 16.5. The third-order valence-electron chi connectivity index (χ3n) is 4.81. The van der Waals surface area contributed by atoms with Crippen molar-refractivity contribution in [1.82, 2.24) is 4.98 Å². The van der Waals surface area contributed by atoms with Gasteiger partial charge in [-0.25, -0.2) is 0 Å². The number of nitrogens with one attached hydrogen (secondary N) is 1. The average molecular weight is 423 g/mol. The van der Waals surface area contributed by atoms with Crippen molar-refractivity contribution in [2.24, 2.45) is 5.73 Å². The molecule has 7 heteroatoms. The molecule has 3 aromatic rings. The maximum absolute atomic E-state index is 6.47. The SMILES string of the molecule is COc1cc(-c2[nH]c3c(Cl)c(Cl)ccc3c2CCCCN)cc(OC)c1OC. The standard InChI is InChI=1S/C21H24Cl2N2O3/c1-26-16-10-12(11-17(27-2)21(16)28-3)19-13(6-4-5-9-24)14-7-8-15(22)18(23)20(14)25-19/h7-8,10-11,25H,4-6,9,24H2,1-3H3. The molecule has 0 fully saturated rings. The van der Waals surface area contributed by atoms with Gasteiger partial charge >= 0.3 is 0 Å². The number of benzene rings is 2. The lowest BCUT2D eigenvalue weighted by Crippen LogP contribution is -2.00. The molecule has 0 radical (unpaired) electrons. The molecule has 3 N–H and O–H groups in total. The van der Waals surface area contributed by atoms with Gasteiger partial charge in [0.1, 0.15) is 0 Å². The second-order valence-corrected chi connectivity index (χ2v) is 7.21. The molecule has 0 saturated carbocycles. The Morgan fingerprint density at radius 3 is 2.21 bits per heavy atom. The minimum atomic E-state index is 0.512. The number of ether oxygens (including phenoxy) is 3. The number of aromatic amines is 1. The van der Waals surface area contributed by atoms with Crippen LogP contribution in [0.4, 0.5) is 0 Å². The van der Waals surface area contributed by atoms with Gasteiger partial charge in [-0.2, -0.15) is 0 Å². The van der Waals surface area contributed by atoms with Crippen molar-refractivity contribution in [3.8, 4) is 28.5 Å². The lowest BCUT2D eigenvalue weighted by Gasteiger charge is -2.14. The van der Waals surface area contributed by atoms with E-state index in [4.69, 9.17) is 43.1 Å². The van der Waals surface area contributed by atoms with Crippen molar-refractivity contribution in [1.29, 1.82) is 0 Å². The van der Waals surface area contributed by atoms with Crippen molar-refractivity contribution in [3.05, 3.63) is 39.9 Å². The number of hydrogen-bond donors (Lipinski definition) is 2. The lowest BCUT2D eigenvalue weighted by atomic mass is 9.99. The first-order valence-corrected chi connectivity index (χ1v) is 9.80. The highest BCUT2D eigenvalue weighted by molar-refractivity contribution is 6.45. The molecule has 28 heavy (non-hydrogen) atoms. The van der Waals surface area contributed by atoms with Gasteiger partial charge in [0, 0.05) is 10.9 Å². The summed E-state index contributed by atoms with van der Waals surface area (Å²) in [6, 6.07) is 7.67. The second kappa shape index (κ2) is 8.95. The Bertz CT molecular complexity index is 960. The first-order valence-electron chi connectivity index (χ1n) is 9.04. The molecule has 1 heterocycles. The van der Waals surface area contributed by atoms with Crippen LogP contribution in [0.2, 0.25) is 10.0 Å². The van der Waals surface area contributed by atoms with Crippen LogP contribution in [0, 0.1) is 0 Å². The van der Waals surface area contributed by atoms with Crippen LogP contribution in [0.3, 0.4) is 0 Å². The number of H-pyrrole nitrogens is 1. The van der Waals surface area contributed by atoms with Gasteiger partial charge in [-0.3, -0.25) is 0 Å². The normalized spacial score (nSPS) is 11.1. The Hall–Kier alpha value is -2.08. The molecule has 0 aliphatic heterocycles. The highest BCUT2D eigenvalue weighted by atomic mass is 35.5. The summed E-state index contributed by atoms with van der Waals surface area (Å²) in [5.41, 5.74) is 9.54. The Morgan fingerprint density at radius 2 is 1.64 bits per heavy atom. The van der Waals surface area contributed by atoms with Crippen LogP contribution in [-0.4, -0.2) is 32.9 Å². The van der Waals surface area contributed by atoms with Gasteiger partial charge in [0.25, 0.3) is 0 Å². The number of methoxy groups -OCH3 is 3. The molecular formula is C21H24Cl2N2O3. The fourth-order valence-electron chi connectivity index (χ4n) is 3.44. The zero-order valence-corrected chi connectivity index (χ0v) is 17.7. The van der Waals surface area contributed by atoms with Gasteiger partial charge in [0.05, 0.1) is 42.6 Å². The summed E-state index contributed by atoms with van der Waals surface area (Å²) in [6.45, 7) is 0.661. The maximum atomic E-state index is 6.47. The van der Waals surface area contributed by atoms with E-state index in [1.165, 1.54) is 0 Å². The van der Waals surface area contributed by atoms with Gasteiger partial charge < -0.3 is 24.9 Å². The van der Waals surface area contributed by atoms with Crippen LogP contribution in [-0.2, 0) is 6.42 Å². The summed E-state index contributed by atoms with van der Waals surface area (Å²) in [4.78, 5) is 3.46. The van der Waals surface area contributed by atoms with Crippen molar-refractivity contribution < 1.29 is 14.2 Å². The Balaban J connectivity index is 2.24. The number of halogens is 2. The largest absolute Gasteiger partial charge is 0.493 e. The average Bonchev–Trinajstić information content (AvgIpc) is 3.09. The summed E-state index contributed by atoms with van der Waals surface area (Å²) in [5, 5.41) is 2.08. The molecule has 1 aromatic heterocycles. The number of fused-ring (bicyclic) bond motifs is 1. The molecule has 0 spiro atoms. The number of aromatic nitrogens is 1. The molecule has 0 atom stereocenters. The quantitative estimate of drug-likeness (QED) is 0.473. The van der Waals surface area contributed by atoms with Crippen molar-refractivity contribution in [2.45, 2.75) is 19.3 Å². The summed E-state index contributed by atoms with van der Waals surface area (Å²) >= 11 is 12.7. The predicted octanol–water partition coefficient (Wildman–Crippen LogP) is 5.45. The van der Waals surface area contributed by atoms with Crippen LogP contribution in [0.25, 0.3) is 22.2 Å². The second-order valence-electron chi connectivity index (χ2n) is 6.42. The molecule has 5 nitrogen and oxygen atoms in total. The number of nitrogens with two attached hydrogens (primary N) is 1. The van der Waals surface area contributed by atoms with E-state index in [0.717, 1.165) is 47.0 Å². The summed E-state index contributed by atoms with van der Waals surface area (Å²) in [5.74, 6) is 1.73. The van der Waals surface area contributed by atoms with E-state index in [2.05, 4.69) is 4.98 Å². The number of aryl methyl sites for hydroxylation is 1.